The maximum absolute atomic E-state index is 12.0. The summed E-state index contributed by atoms with van der Waals surface area (Å²) in [5.74, 6) is -0.919. The number of carbonyl (C=O) groups is 3. The molecule has 1 N–H and O–H groups in total. The summed E-state index contributed by atoms with van der Waals surface area (Å²) in [7, 11) is 1.29. The van der Waals surface area contributed by atoms with E-state index in [2.05, 4.69) is 15.0 Å². The van der Waals surface area contributed by atoms with Crippen LogP contribution in [0.4, 0.5) is 0 Å². The summed E-state index contributed by atoms with van der Waals surface area (Å²) >= 11 is 11.6. The predicted molar refractivity (Wildman–Crippen MR) is 114 cm³/mol. The van der Waals surface area contributed by atoms with E-state index in [-0.39, 0.29) is 29.4 Å². The molecule has 1 amide bonds. The zero-order valence-corrected chi connectivity index (χ0v) is 18.5. The number of ether oxygens (including phenoxy) is 3. The first kappa shape index (κ1) is 24.4. The molecule has 1 heterocycles. The van der Waals surface area contributed by atoms with Crippen molar-refractivity contribution in [3.05, 3.63) is 57.8 Å². The molecule has 1 atom stereocenters. The van der Waals surface area contributed by atoms with Gasteiger partial charge in [-0.05, 0) is 48.7 Å². The Labute approximate surface area is 189 Å². The van der Waals surface area contributed by atoms with Gasteiger partial charge in [0.05, 0.1) is 13.5 Å². The van der Waals surface area contributed by atoms with Crippen molar-refractivity contribution in [2.24, 2.45) is 0 Å². The second-order valence-electron chi connectivity index (χ2n) is 6.64. The Morgan fingerprint density at radius 3 is 2.26 bits per heavy atom. The van der Waals surface area contributed by atoms with Crippen LogP contribution in [0.2, 0.25) is 10.3 Å². The molecule has 1 unspecified atom stereocenters. The van der Waals surface area contributed by atoms with E-state index < -0.39 is 24.5 Å². The van der Waals surface area contributed by atoms with Gasteiger partial charge in [-0.3, -0.25) is 9.59 Å². The number of aromatic nitrogens is 1. The molecule has 2 aromatic rings. The van der Waals surface area contributed by atoms with E-state index in [9.17, 15) is 14.4 Å². The van der Waals surface area contributed by atoms with E-state index in [0.717, 1.165) is 5.56 Å². The fourth-order valence-electron chi connectivity index (χ4n) is 2.62. The van der Waals surface area contributed by atoms with Crippen molar-refractivity contribution >= 4 is 41.0 Å². The summed E-state index contributed by atoms with van der Waals surface area (Å²) in [6.07, 6.45) is 0.486. The highest BCUT2D eigenvalue weighted by Gasteiger charge is 2.13. The first-order chi connectivity index (χ1) is 14.7. The highest BCUT2D eigenvalue weighted by atomic mass is 35.5. The van der Waals surface area contributed by atoms with E-state index in [4.69, 9.17) is 32.7 Å². The van der Waals surface area contributed by atoms with E-state index in [1.807, 2.05) is 19.1 Å². The van der Waals surface area contributed by atoms with Crippen LogP contribution < -0.4 is 10.1 Å². The van der Waals surface area contributed by atoms with Crippen LogP contribution in [0.5, 0.6) is 5.75 Å². The SMILES string of the molecule is COC(=O)COc1ccc(CC(C)NC(=O)COC(=O)Cc2cc(Cl)nc(Cl)c2)cc1. The third-order valence-electron chi connectivity index (χ3n) is 3.99. The summed E-state index contributed by atoms with van der Waals surface area (Å²) in [6, 6.07) is 9.94. The zero-order chi connectivity index (χ0) is 22.8. The number of carbonyl (C=O) groups excluding carboxylic acids is 3. The third-order valence-corrected chi connectivity index (χ3v) is 4.38. The zero-order valence-electron chi connectivity index (χ0n) is 17.0. The van der Waals surface area contributed by atoms with Crippen molar-refractivity contribution in [1.29, 1.82) is 0 Å². The fraction of sp³-hybridized carbons (Fsp3) is 0.333. The number of hydrogen-bond acceptors (Lipinski definition) is 7. The minimum Gasteiger partial charge on any atom is -0.482 e. The monoisotopic (exact) mass is 468 g/mol. The molecule has 0 fully saturated rings. The lowest BCUT2D eigenvalue weighted by atomic mass is 10.1. The first-order valence-electron chi connectivity index (χ1n) is 9.30. The molecule has 0 aliphatic rings. The largest absolute Gasteiger partial charge is 0.482 e. The summed E-state index contributed by atoms with van der Waals surface area (Å²) in [4.78, 5) is 38.8. The first-order valence-corrected chi connectivity index (χ1v) is 10.1. The maximum Gasteiger partial charge on any atom is 0.343 e. The molecule has 0 saturated heterocycles. The van der Waals surface area contributed by atoms with Crippen molar-refractivity contribution < 1.29 is 28.6 Å². The normalized spacial score (nSPS) is 11.4. The average Bonchev–Trinajstić information content (AvgIpc) is 2.70. The molecule has 0 saturated carbocycles. The van der Waals surface area contributed by atoms with Crippen molar-refractivity contribution in [3.8, 4) is 5.75 Å². The van der Waals surface area contributed by atoms with E-state index in [1.54, 1.807) is 12.1 Å². The van der Waals surface area contributed by atoms with Crippen LogP contribution in [0, 0.1) is 0 Å². The standard InChI is InChI=1S/C21H22Cl2N2O6/c1-13(7-14-3-5-16(6-4-14)30-12-21(28)29-2)24-19(26)11-31-20(27)10-15-8-17(22)25-18(23)9-15/h3-6,8-9,13H,7,10-12H2,1-2H3,(H,24,26). The Balaban J connectivity index is 1.72. The second kappa shape index (κ2) is 12.1. The lowest BCUT2D eigenvalue weighted by Crippen LogP contribution is -2.37. The molecule has 0 spiro atoms. The molecule has 166 valence electrons. The van der Waals surface area contributed by atoms with Crippen molar-refractivity contribution in [2.45, 2.75) is 25.8 Å². The number of halogens is 2. The van der Waals surface area contributed by atoms with E-state index >= 15 is 0 Å². The molecular weight excluding hydrogens is 447 g/mol. The lowest BCUT2D eigenvalue weighted by molar-refractivity contribution is -0.148. The molecule has 0 radical (unpaired) electrons. The minimum atomic E-state index is -0.580. The Hall–Kier alpha value is -2.84. The van der Waals surface area contributed by atoms with Crippen LogP contribution in [0.3, 0.4) is 0 Å². The van der Waals surface area contributed by atoms with Gasteiger partial charge in [0.25, 0.3) is 5.91 Å². The molecule has 10 heteroatoms. The van der Waals surface area contributed by atoms with Gasteiger partial charge in [-0.25, -0.2) is 9.78 Å². The third kappa shape index (κ3) is 9.23. The number of hydrogen-bond donors (Lipinski definition) is 1. The van der Waals surface area contributed by atoms with Crippen LogP contribution in [0.1, 0.15) is 18.1 Å². The topological polar surface area (TPSA) is 104 Å². The lowest BCUT2D eigenvalue weighted by Gasteiger charge is -2.14. The van der Waals surface area contributed by atoms with Gasteiger partial charge in [0.2, 0.25) is 0 Å². The Kier molecular flexibility index (Phi) is 9.55. The fourth-order valence-corrected chi connectivity index (χ4v) is 3.13. The van der Waals surface area contributed by atoms with Gasteiger partial charge in [0.15, 0.2) is 13.2 Å². The molecule has 1 aromatic heterocycles. The molecule has 2 rings (SSSR count). The van der Waals surface area contributed by atoms with Gasteiger partial charge in [-0.2, -0.15) is 0 Å². The average molecular weight is 469 g/mol. The van der Waals surface area contributed by atoms with E-state index in [0.29, 0.717) is 17.7 Å². The van der Waals surface area contributed by atoms with E-state index in [1.165, 1.54) is 19.2 Å². The summed E-state index contributed by atoms with van der Waals surface area (Å²) in [6.45, 7) is 1.28. The van der Waals surface area contributed by atoms with Crippen LogP contribution >= 0.6 is 23.2 Å². The summed E-state index contributed by atoms with van der Waals surface area (Å²) < 4.78 is 14.8. The van der Waals surface area contributed by atoms with Gasteiger partial charge >= 0.3 is 11.9 Å². The molecule has 0 aliphatic heterocycles. The summed E-state index contributed by atoms with van der Waals surface area (Å²) in [5, 5.41) is 3.11. The van der Waals surface area contributed by atoms with Gasteiger partial charge in [0.1, 0.15) is 16.1 Å². The quantitative estimate of drug-likeness (QED) is 0.422. The molecule has 0 bridgehead atoms. The number of methoxy groups -OCH3 is 1. The molecular formula is C21H22Cl2N2O6. The Bertz CT molecular complexity index is 900. The number of nitrogens with one attached hydrogen (secondary N) is 1. The van der Waals surface area contributed by atoms with Crippen LogP contribution in [-0.4, -0.2) is 49.2 Å². The number of amides is 1. The smallest absolute Gasteiger partial charge is 0.343 e. The predicted octanol–water partition coefficient (Wildman–Crippen LogP) is 2.77. The molecule has 1 aromatic carbocycles. The van der Waals surface area contributed by atoms with Crippen LogP contribution in [0.25, 0.3) is 0 Å². The highest BCUT2D eigenvalue weighted by Crippen LogP contribution is 2.16. The van der Waals surface area contributed by atoms with Gasteiger partial charge < -0.3 is 19.5 Å². The van der Waals surface area contributed by atoms with Crippen molar-refractivity contribution in [1.82, 2.24) is 10.3 Å². The molecule has 8 nitrogen and oxygen atoms in total. The van der Waals surface area contributed by atoms with Gasteiger partial charge in [0, 0.05) is 6.04 Å². The number of pyridine rings is 1. The van der Waals surface area contributed by atoms with Crippen LogP contribution in [0.15, 0.2) is 36.4 Å². The Morgan fingerprint density at radius 2 is 1.65 bits per heavy atom. The van der Waals surface area contributed by atoms with Gasteiger partial charge in [-0.15, -0.1) is 0 Å². The van der Waals surface area contributed by atoms with Crippen molar-refractivity contribution in [2.75, 3.05) is 20.3 Å². The minimum absolute atomic E-state index is 0.0742. The molecule has 31 heavy (non-hydrogen) atoms. The molecule has 0 aliphatic carbocycles. The second-order valence-corrected chi connectivity index (χ2v) is 7.41. The van der Waals surface area contributed by atoms with Gasteiger partial charge in [-0.1, -0.05) is 35.3 Å². The number of benzene rings is 1. The van der Waals surface area contributed by atoms with Crippen molar-refractivity contribution in [3.63, 3.8) is 0 Å². The highest BCUT2D eigenvalue weighted by molar-refractivity contribution is 6.32. The summed E-state index contributed by atoms with van der Waals surface area (Å²) in [5.41, 5.74) is 1.50. The maximum atomic E-state index is 12.0. The van der Waals surface area contributed by atoms with Crippen LogP contribution in [-0.2, 0) is 36.7 Å². The number of esters is 2. The number of rotatable bonds is 10. The number of nitrogens with zero attached hydrogens (tertiary/aromatic N) is 1. The Morgan fingerprint density at radius 1 is 1.00 bits per heavy atom.